The number of carbonyl (C=O) groups is 2. The zero-order chi connectivity index (χ0) is 12.8. The molecule has 1 amide bonds. The monoisotopic (exact) mass is 239 g/mol. The number of piperidine rings is 1. The Morgan fingerprint density at radius 3 is 2.71 bits per heavy atom. The summed E-state index contributed by atoms with van der Waals surface area (Å²) in [6.07, 6.45) is 5.36. The van der Waals surface area contributed by atoms with E-state index >= 15 is 0 Å². The van der Waals surface area contributed by atoms with Crippen molar-refractivity contribution in [3.63, 3.8) is 0 Å². The maximum Gasteiger partial charge on any atom is 0.328 e. The van der Waals surface area contributed by atoms with Gasteiger partial charge in [-0.05, 0) is 32.6 Å². The Bertz CT molecular complexity index is 323. The number of likely N-dealkylation sites (tertiary alicyclic amines) is 1. The van der Waals surface area contributed by atoms with Crippen molar-refractivity contribution >= 4 is 11.9 Å². The van der Waals surface area contributed by atoms with Gasteiger partial charge in [0.05, 0.1) is 7.11 Å². The zero-order valence-corrected chi connectivity index (χ0v) is 10.9. The van der Waals surface area contributed by atoms with Crippen LogP contribution in [-0.2, 0) is 14.3 Å². The van der Waals surface area contributed by atoms with E-state index in [1.807, 2.05) is 13.0 Å². The van der Waals surface area contributed by atoms with Gasteiger partial charge in [-0.3, -0.25) is 4.79 Å². The van der Waals surface area contributed by atoms with Gasteiger partial charge in [0, 0.05) is 12.1 Å². The molecule has 1 fully saturated rings. The number of amides is 1. The Morgan fingerprint density at radius 1 is 1.41 bits per heavy atom. The van der Waals surface area contributed by atoms with Gasteiger partial charge in [-0.2, -0.15) is 0 Å². The van der Waals surface area contributed by atoms with Crippen molar-refractivity contribution in [2.75, 3.05) is 13.7 Å². The molecule has 1 rings (SSSR count). The Balaban J connectivity index is 2.81. The molecule has 1 atom stereocenters. The molecule has 0 aromatic carbocycles. The molecule has 0 bridgehead atoms. The molecule has 4 nitrogen and oxygen atoms in total. The fraction of sp³-hybridized carbons (Fsp3) is 0.692. The first-order valence-corrected chi connectivity index (χ1v) is 6.17. The normalized spacial score (nSPS) is 21.2. The first-order valence-electron chi connectivity index (χ1n) is 6.17. The maximum absolute atomic E-state index is 12.2. The molecule has 0 saturated carbocycles. The van der Waals surface area contributed by atoms with Crippen molar-refractivity contribution in [2.24, 2.45) is 0 Å². The number of allylic oxidation sites excluding steroid dienone is 1. The number of nitrogens with zero attached hydrogens (tertiary/aromatic N) is 1. The molecule has 0 aromatic rings. The van der Waals surface area contributed by atoms with Crippen molar-refractivity contribution in [2.45, 2.75) is 45.6 Å². The van der Waals surface area contributed by atoms with Crippen LogP contribution in [-0.4, -0.2) is 36.5 Å². The van der Waals surface area contributed by atoms with E-state index in [9.17, 15) is 9.59 Å². The maximum atomic E-state index is 12.2. The van der Waals surface area contributed by atoms with Gasteiger partial charge in [-0.1, -0.05) is 13.0 Å². The average molecular weight is 239 g/mol. The SMILES string of the molecule is CC/C=C(/C)C(=O)N1CCCC[C@@H]1C(=O)OC. The Hall–Kier alpha value is -1.32. The molecule has 0 spiro atoms. The molecule has 0 aromatic heterocycles. The standard InChI is InChI=1S/C13H21NO3/c1-4-7-10(2)12(15)14-9-6-5-8-11(14)13(16)17-3/h7,11H,4-6,8-9H2,1-3H3/b10-7-/t11-/m1/s1. The fourth-order valence-electron chi connectivity index (χ4n) is 2.18. The second-order valence-electron chi connectivity index (χ2n) is 4.33. The summed E-state index contributed by atoms with van der Waals surface area (Å²) >= 11 is 0. The van der Waals surface area contributed by atoms with Crippen LogP contribution in [0.15, 0.2) is 11.6 Å². The van der Waals surface area contributed by atoms with Crippen molar-refractivity contribution in [3.8, 4) is 0 Å². The lowest BCUT2D eigenvalue weighted by Crippen LogP contribution is -2.48. The number of hydrogen-bond donors (Lipinski definition) is 0. The summed E-state index contributed by atoms with van der Waals surface area (Å²) in [7, 11) is 1.37. The minimum Gasteiger partial charge on any atom is -0.467 e. The van der Waals surface area contributed by atoms with E-state index in [0.717, 1.165) is 19.3 Å². The average Bonchev–Trinajstić information content (AvgIpc) is 2.37. The topological polar surface area (TPSA) is 46.6 Å². The third kappa shape index (κ3) is 3.32. The first kappa shape index (κ1) is 13.7. The molecule has 4 heteroatoms. The minimum absolute atomic E-state index is 0.0399. The van der Waals surface area contributed by atoms with Gasteiger partial charge in [0.1, 0.15) is 6.04 Å². The Morgan fingerprint density at radius 2 is 2.12 bits per heavy atom. The van der Waals surface area contributed by atoms with Crippen LogP contribution < -0.4 is 0 Å². The Kier molecular flexibility index (Phi) is 5.19. The molecule has 96 valence electrons. The van der Waals surface area contributed by atoms with Gasteiger partial charge >= 0.3 is 5.97 Å². The number of rotatable bonds is 3. The van der Waals surface area contributed by atoms with Crippen LogP contribution in [0.1, 0.15) is 39.5 Å². The summed E-state index contributed by atoms with van der Waals surface area (Å²) in [5, 5.41) is 0. The van der Waals surface area contributed by atoms with Crippen molar-refractivity contribution in [1.29, 1.82) is 0 Å². The van der Waals surface area contributed by atoms with Crippen LogP contribution in [0.4, 0.5) is 0 Å². The second-order valence-corrected chi connectivity index (χ2v) is 4.33. The molecule has 1 heterocycles. The van der Waals surface area contributed by atoms with Crippen LogP contribution in [0.25, 0.3) is 0 Å². The van der Waals surface area contributed by atoms with Gasteiger partial charge in [0.15, 0.2) is 0 Å². The lowest BCUT2D eigenvalue weighted by atomic mass is 10.0. The van der Waals surface area contributed by atoms with Crippen LogP contribution in [0.3, 0.4) is 0 Å². The highest BCUT2D eigenvalue weighted by atomic mass is 16.5. The summed E-state index contributed by atoms with van der Waals surface area (Å²) in [5.74, 6) is -0.343. The third-order valence-electron chi connectivity index (χ3n) is 3.08. The molecule has 0 unspecified atom stereocenters. The molecule has 0 aliphatic carbocycles. The number of carbonyl (C=O) groups excluding carboxylic acids is 2. The highest BCUT2D eigenvalue weighted by Gasteiger charge is 2.32. The van der Waals surface area contributed by atoms with Crippen LogP contribution >= 0.6 is 0 Å². The summed E-state index contributed by atoms with van der Waals surface area (Å²) in [6.45, 7) is 4.44. The predicted molar refractivity (Wildman–Crippen MR) is 65.4 cm³/mol. The first-order chi connectivity index (χ1) is 8.11. The minimum atomic E-state index is -0.401. The van der Waals surface area contributed by atoms with E-state index in [2.05, 4.69) is 0 Å². The summed E-state index contributed by atoms with van der Waals surface area (Å²) < 4.78 is 4.76. The van der Waals surface area contributed by atoms with E-state index in [1.165, 1.54) is 7.11 Å². The molecule has 1 saturated heterocycles. The van der Waals surface area contributed by atoms with Gasteiger partial charge in [-0.15, -0.1) is 0 Å². The van der Waals surface area contributed by atoms with Gasteiger partial charge in [-0.25, -0.2) is 4.79 Å². The predicted octanol–water partition coefficient (Wildman–Crippen LogP) is 1.90. The smallest absolute Gasteiger partial charge is 0.328 e. The van der Waals surface area contributed by atoms with Crippen molar-refractivity contribution in [3.05, 3.63) is 11.6 Å². The third-order valence-corrected chi connectivity index (χ3v) is 3.08. The summed E-state index contributed by atoms with van der Waals surface area (Å²) in [5.41, 5.74) is 0.711. The van der Waals surface area contributed by atoms with E-state index in [-0.39, 0.29) is 11.9 Å². The molecule has 1 aliphatic rings. The van der Waals surface area contributed by atoms with Gasteiger partial charge in [0.25, 0.3) is 0 Å². The van der Waals surface area contributed by atoms with Crippen LogP contribution in [0.2, 0.25) is 0 Å². The molecule has 0 radical (unpaired) electrons. The Labute approximate surface area is 103 Å². The van der Waals surface area contributed by atoms with Crippen LogP contribution in [0, 0.1) is 0 Å². The van der Waals surface area contributed by atoms with E-state index < -0.39 is 6.04 Å². The number of methoxy groups -OCH3 is 1. The lowest BCUT2D eigenvalue weighted by molar-refractivity contribution is -0.153. The van der Waals surface area contributed by atoms with E-state index in [1.54, 1.807) is 11.8 Å². The number of hydrogen-bond acceptors (Lipinski definition) is 3. The number of ether oxygens (including phenoxy) is 1. The molecule has 0 N–H and O–H groups in total. The van der Waals surface area contributed by atoms with Crippen molar-refractivity contribution < 1.29 is 14.3 Å². The fourth-order valence-corrected chi connectivity index (χ4v) is 2.18. The van der Waals surface area contributed by atoms with E-state index in [4.69, 9.17) is 4.74 Å². The molecular weight excluding hydrogens is 218 g/mol. The van der Waals surface area contributed by atoms with Gasteiger partial charge < -0.3 is 9.64 Å². The lowest BCUT2D eigenvalue weighted by Gasteiger charge is -2.34. The molecule has 1 aliphatic heterocycles. The molecular formula is C13H21NO3. The second kappa shape index (κ2) is 6.42. The summed E-state index contributed by atoms with van der Waals surface area (Å²) in [4.78, 5) is 25.4. The highest BCUT2D eigenvalue weighted by molar-refractivity contribution is 5.95. The summed E-state index contributed by atoms with van der Waals surface area (Å²) in [6, 6.07) is -0.401. The zero-order valence-electron chi connectivity index (χ0n) is 10.9. The van der Waals surface area contributed by atoms with Crippen molar-refractivity contribution in [1.82, 2.24) is 4.90 Å². The van der Waals surface area contributed by atoms with E-state index in [0.29, 0.717) is 18.5 Å². The van der Waals surface area contributed by atoms with Gasteiger partial charge in [0.2, 0.25) is 5.91 Å². The van der Waals surface area contributed by atoms with Crippen LogP contribution in [0.5, 0.6) is 0 Å². The quantitative estimate of drug-likeness (QED) is 0.558. The highest BCUT2D eigenvalue weighted by Crippen LogP contribution is 2.20. The largest absolute Gasteiger partial charge is 0.467 e. The number of esters is 1. The molecule has 17 heavy (non-hydrogen) atoms.